The number of nitrogens with one attached hydrogen (secondary N) is 1. The molecule has 3 nitrogen and oxygen atoms in total. The first-order valence-corrected chi connectivity index (χ1v) is 6.65. The molecular weight excluding hydrogens is 234 g/mol. The van der Waals surface area contributed by atoms with Gasteiger partial charge in [0.15, 0.2) is 0 Å². The third-order valence-corrected chi connectivity index (χ3v) is 2.65. The topological polar surface area (TPSA) is 49.3 Å². The van der Waals surface area contributed by atoms with Crippen LogP contribution in [0.15, 0.2) is 24.3 Å². The summed E-state index contributed by atoms with van der Waals surface area (Å²) in [4.78, 5) is 11.6. The van der Waals surface area contributed by atoms with Gasteiger partial charge in [0.05, 0.1) is 5.69 Å². The highest BCUT2D eigenvalue weighted by molar-refractivity contribution is 7.98. The molecule has 0 saturated carbocycles. The maximum Gasteiger partial charge on any atom is 0.225 e. The Morgan fingerprint density at radius 2 is 2.24 bits per heavy atom. The summed E-state index contributed by atoms with van der Waals surface area (Å²) in [5.41, 5.74) is 1.42. The second-order valence-electron chi connectivity index (χ2n) is 3.30. The Morgan fingerprint density at radius 3 is 2.94 bits per heavy atom. The van der Waals surface area contributed by atoms with Gasteiger partial charge in [-0.25, -0.2) is 0 Å². The number of hydrogen-bond acceptors (Lipinski definition) is 3. The summed E-state index contributed by atoms with van der Waals surface area (Å²) >= 11 is 1.64. The first-order chi connectivity index (χ1) is 8.27. The fourth-order valence-corrected chi connectivity index (χ4v) is 1.63. The van der Waals surface area contributed by atoms with Crippen molar-refractivity contribution in [2.75, 3.05) is 23.9 Å². The average molecular weight is 249 g/mol. The van der Waals surface area contributed by atoms with Gasteiger partial charge in [0, 0.05) is 17.7 Å². The maximum absolute atomic E-state index is 11.6. The highest BCUT2D eigenvalue weighted by atomic mass is 32.2. The molecule has 17 heavy (non-hydrogen) atoms. The lowest BCUT2D eigenvalue weighted by Gasteiger charge is -2.06. The van der Waals surface area contributed by atoms with Gasteiger partial charge >= 0.3 is 0 Å². The Morgan fingerprint density at radius 1 is 1.47 bits per heavy atom. The summed E-state index contributed by atoms with van der Waals surface area (Å²) in [6.45, 7) is -0.186. The molecule has 2 N–H and O–H groups in total. The minimum atomic E-state index is -0.186. The molecular formula is C13H15NO2S. The number of carbonyl (C=O) groups is 1. The summed E-state index contributed by atoms with van der Waals surface area (Å²) in [6.07, 6.45) is 2.46. The van der Waals surface area contributed by atoms with E-state index in [0.29, 0.717) is 12.1 Å². The van der Waals surface area contributed by atoms with Crippen molar-refractivity contribution < 1.29 is 9.90 Å². The Balaban J connectivity index is 2.73. The van der Waals surface area contributed by atoms with Crippen molar-refractivity contribution in [3.8, 4) is 11.8 Å². The molecule has 0 heterocycles. The van der Waals surface area contributed by atoms with E-state index >= 15 is 0 Å². The monoisotopic (exact) mass is 249 g/mol. The molecule has 0 bridgehead atoms. The van der Waals surface area contributed by atoms with Gasteiger partial charge < -0.3 is 10.4 Å². The van der Waals surface area contributed by atoms with E-state index in [0.717, 1.165) is 11.3 Å². The number of thioether (sulfide) groups is 1. The summed E-state index contributed by atoms with van der Waals surface area (Å²) in [5.74, 6) is 6.16. The van der Waals surface area contributed by atoms with Gasteiger partial charge in [0.1, 0.15) is 6.61 Å². The Hall–Kier alpha value is -1.44. The molecule has 4 heteroatoms. The molecule has 0 unspecified atom stereocenters. The standard InChI is InChI=1S/C13H15NO2S/c1-17-10-8-13(16)14-12-7-3-2-5-11(12)6-4-9-15/h2-3,5,7,15H,8-10H2,1H3,(H,14,16). The van der Waals surface area contributed by atoms with E-state index < -0.39 is 0 Å². The third kappa shape index (κ3) is 4.94. The first kappa shape index (κ1) is 13.6. The molecule has 1 aromatic carbocycles. The van der Waals surface area contributed by atoms with Crippen molar-refractivity contribution in [2.24, 2.45) is 0 Å². The van der Waals surface area contributed by atoms with Crippen LogP contribution in [0.1, 0.15) is 12.0 Å². The van der Waals surface area contributed by atoms with Crippen molar-refractivity contribution in [3.63, 3.8) is 0 Å². The fourth-order valence-electron chi connectivity index (χ4n) is 1.24. The van der Waals surface area contributed by atoms with Crippen LogP contribution in [0.5, 0.6) is 0 Å². The molecule has 0 fully saturated rings. The number of hydrogen-bond donors (Lipinski definition) is 2. The van der Waals surface area contributed by atoms with Crippen LogP contribution in [0.2, 0.25) is 0 Å². The summed E-state index contributed by atoms with van der Waals surface area (Å²) < 4.78 is 0. The van der Waals surface area contributed by atoms with Crippen LogP contribution in [0.4, 0.5) is 5.69 Å². The van der Waals surface area contributed by atoms with Gasteiger partial charge in [0.2, 0.25) is 5.91 Å². The molecule has 0 radical (unpaired) electrons. The zero-order valence-corrected chi connectivity index (χ0v) is 10.5. The molecule has 0 aliphatic carbocycles. The molecule has 0 atom stereocenters. The Bertz CT molecular complexity index is 435. The maximum atomic E-state index is 11.6. The minimum Gasteiger partial charge on any atom is -0.384 e. The van der Waals surface area contributed by atoms with Crippen LogP contribution in [-0.2, 0) is 4.79 Å². The Labute approximate surface area is 106 Å². The SMILES string of the molecule is CSCCC(=O)Nc1ccccc1C#CCO. The molecule has 0 aliphatic heterocycles. The van der Waals surface area contributed by atoms with E-state index in [-0.39, 0.29) is 12.5 Å². The van der Waals surface area contributed by atoms with Gasteiger partial charge in [-0.2, -0.15) is 11.8 Å². The number of anilines is 1. The minimum absolute atomic E-state index is 0.0161. The Kier molecular flexibility index (Phi) is 6.23. The van der Waals surface area contributed by atoms with E-state index in [1.807, 2.05) is 24.5 Å². The highest BCUT2D eigenvalue weighted by Gasteiger charge is 2.04. The van der Waals surface area contributed by atoms with Crippen LogP contribution in [-0.4, -0.2) is 29.6 Å². The predicted octanol–water partition coefficient (Wildman–Crippen LogP) is 1.72. The van der Waals surface area contributed by atoms with Crippen molar-refractivity contribution in [1.82, 2.24) is 0 Å². The molecule has 1 rings (SSSR count). The van der Waals surface area contributed by atoms with Crippen molar-refractivity contribution in [1.29, 1.82) is 0 Å². The number of para-hydroxylation sites is 1. The van der Waals surface area contributed by atoms with Crippen molar-refractivity contribution in [3.05, 3.63) is 29.8 Å². The first-order valence-electron chi connectivity index (χ1n) is 5.25. The van der Waals surface area contributed by atoms with Gasteiger partial charge in [-0.15, -0.1) is 0 Å². The van der Waals surface area contributed by atoms with Crippen LogP contribution < -0.4 is 5.32 Å². The van der Waals surface area contributed by atoms with Crippen LogP contribution >= 0.6 is 11.8 Å². The van der Waals surface area contributed by atoms with E-state index in [4.69, 9.17) is 5.11 Å². The van der Waals surface area contributed by atoms with Gasteiger partial charge in [-0.05, 0) is 18.4 Å². The predicted molar refractivity (Wildman–Crippen MR) is 72.0 cm³/mol. The zero-order chi connectivity index (χ0) is 12.5. The molecule has 0 saturated heterocycles. The summed E-state index contributed by atoms with van der Waals surface area (Å²) in [7, 11) is 0. The van der Waals surface area contributed by atoms with Crippen LogP contribution in [0.3, 0.4) is 0 Å². The van der Waals surface area contributed by atoms with E-state index in [1.54, 1.807) is 17.8 Å². The average Bonchev–Trinajstić information content (AvgIpc) is 2.35. The normalized spacial score (nSPS) is 9.29. The van der Waals surface area contributed by atoms with Gasteiger partial charge in [-0.3, -0.25) is 4.79 Å². The van der Waals surface area contributed by atoms with E-state index in [2.05, 4.69) is 17.2 Å². The quantitative estimate of drug-likeness (QED) is 0.799. The molecule has 90 valence electrons. The number of benzene rings is 1. The summed E-state index contributed by atoms with van der Waals surface area (Å²) in [5, 5.41) is 11.5. The summed E-state index contributed by atoms with van der Waals surface area (Å²) in [6, 6.07) is 7.30. The number of aliphatic hydroxyl groups excluding tert-OH is 1. The molecule has 1 aromatic rings. The van der Waals surface area contributed by atoms with Crippen molar-refractivity contribution in [2.45, 2.75) is 6.42 Å². The molecule has 0 spiro atoms. The number of carbonyl (C=O) groups excluding carboxylic acids is 1. The second kappa shape index (κ2) is 7.77. The fraction of sp³-hybridized carbons (Fsp3) is 0.308. The molecule has 1 amide bonds. The van der Waals surface area contributed by atoms with Crippen LogP contribution in [0.25, 0.3) is 0 Å². The second-order valence-corrected chi connectivity index (χ2v) is 4.28. The van der Waals surface area contributed by atoms with E-state index in [9.17, 15) is 4.79 Å². The lowest BCUT2D eigenvalue weighted by Crippen LogP contribution is -2.13. The number of amides is 1. The largest absolute Gasteiger partial charge is 0.384 e. The van der Waals surface area contributed by atoms with Gasteiger partial charge in [0.25, 0.3) is 0 Å². The highest BCUT2D eigenvalue weighted by Crippen LogP contribution is 2.14. The van der Waals surface area contributed by atoms with Gasteiger partial charge in [-0.1, -0.05) is 24.0 Å². The van der Waals surface area contributed by atoms with E-state index in [1.165, 1.54) is 0 Å². The lowest BCUT2D eigenvalue weighted by molar-refractivity contribution is -0.115. The molecule has 0 aliphatic rings. The third-order valence-electron chi connectivity index (χ3n) is 2.04. The number of rotatable bonds is 4. The molecule has 0 aromatic heterocycles. The number of aliphatic hydroxyl groups is 1. The lowest BCUT2D eigenvalue weighted by atomic mass is 10.2. The van der Waals surface area contributed by atoms with Crippen molar-refractivity contribution >= 4 is 23.4 Å². The smallest absolute Gasteiger partial charge is 0.225 e. The zero-order valence-electron chi connectivity index (χ0n) is 9.69. The van der Waals surface area contributed by atoms with Crippen LogP contribution in [0, 0.1) is 11.8 Å².